The van der Waals surface area contributed by atoms with Crippen LogP contribution in [0.3, 0.4) is 0 Å². The molecule has 0 aliphatic rings. The van der Waals surface area contributed by atoms with Crippen LogP contribution >= 0.6 is 0 Å². The van der Waals surface area contributed by atoms with Crippen molar-refractivity contribution in [3.63, 3.8) is 0 Å². The molecular weight excluding hydrogens is 320 g/mol. The smallest absolute Gasteiger partial charge is 0.296 e. The Bertz CT molecular complexity index is 294. The summed E-state index contributed by atoms with van der Waals surface area (Å²) in [5.41, 5.74) is -1.61. The van der Waals surface area contributed by atoms with Gasteiger partial charge in [0.25, 0.3) is 5.97 Å². The molecule has 0 fully saturated rings. The Kier molecular flexibility index (Phi) is 7.99. The third-order valence-corrected chi connectivity index (χ3v) is 5.11. The van der Waals surface area contributed by atoms with Crippen molar-refractivity contribution in [2.24, 2.45) is 0 Å². The highest BCUT2D eigenvalue weighted by Gasteiger charge is 2.55. The van der Waals surface area contributed by atoms with Crippen molar-refractivity contribution in [3.8, 4) is 0 Å². The summed E-state index contributed by atoms with van der Waals surface area (Å²) < 4.78 is 18.2. The van der Waals surface area contributed by atoms with Crippen molar-refractivity contribution in [1.82, 2.24) is 0 Å². The summed E-state index contributed by atoms with van der Waals surface area (Å²) >= 11 is 0. The number of aliphatic hydroxyl groups excluding tert-OH is 1. The molecule has 0 bridgehead atoms. The number of rotatable bonds is 10. The van der Waals surface area contributed by atoms with E-state index in [1.54, 1.807) is 0 Å². The van der Waals surface area contributed by atoms with Crippen molar-refractivity contribution in [2.75, 3.05) is 13.2 Å². The van der Waals surface area contributed by atoms with Crippen LogP contribution in [0, 0.1) is 0 Å². The molecule has 8 heteroatoms. The summed E-state index contributed by atoms with van der Waals surface area (Å²) in [4.78, 5) is 0. The molecule has 0 aliphatic heterocycles. The van der Waals surface area contributed by atoms with Gasteiger partial charge in [-0.3, -0.25) is 0 Å². The van der Waals surface area contributed by atoms with E-state index in [1.165, 1.54) is 6.92 Å². The molecule has 0 aromatic rings. The molecule has 0 heterocycles. The van der Waals surface area contributed by atoms with E-state index in [-0.39, 0.29) is 0 Å². The first-order chi connectivity index (χ1) is 9.29. The molecule has 0 saturated carbocycles. The fraction of sp³-hybridized carbons (Fsp3) is 1.00. The van der Waals surface area contributed by atoms with Gasteiger partial charge in [0, 0.05) is 10.2 Å². The molecule has 0 aliphatic carbocycles. The number of hydrogen-bond acceptors (Lipinski definition) is 5. The van der Waals surface area contributed by atoms with Crippen molar-refractivity contribution < 1.29 is 23.8 Å². The van der Waals surface area contributed by atoms with Crippen LogP contribution in [0.2, 0.25) is 45.3 Å². The predicted octanol–water partition coefficient (Wildman–Crippen LogP) is 1.28. The van der Waals surface area contributed by atoms with Crippen LogP contribution in [0.4, 0.5) is 0 Å². The average molecular weight is 355 g/mol. The molecule has 0 radical (unpaired) electrons. The Morgan fingerprint density at radius 3 is 1.71 bits per heavy atom. The van der Waals surface area contributed by atoms with Gasteiger partial charge in [-0.2, -0.15) is 0 Å². The van der Waals surface area contributed by atoms with E-state index in [0.717, 1.165) is 22.7 Å². The van der Waals surface area contributed by atoms with Gasteiger partial charge in [-0.15, -0.1) is 0 Å². The van der Waals surface area contributed by atoms with Gasteiger partial charge in [-0.1, -0.05) is 6.04 Å². The second kappa shape index (κ2) is 7.82. The molecule has 5 nitrogen and oxygen atoms in total. The topological polar surface area (TPSA) is 68.2 Å². The van der Waals surface area contributed by atoms with E-state index < -0.39 is 34.8 Å². The minimum absolute atomic E-state index is 0.453. The summed E-state index contributed by atoms with van der Waals surface area (Å²) in [7, 11) is -3.03. The molecule has 1 atom stereocenters. The zero-order valence-corrected chi connectivity index (χ0v) is 18.9. The number of hydrogen-bond donors (Lipinski definition) is 2. The Balaban J connectivity index is 5.59. The van der Waals surface area contributed by atoms with Gasteiger partial charge in [0.05, 0.1) is 13.2 Å². The second-order valence-electron chi connectivity index (χ2n) is 7.62. The van der Waals surface area contributed by atoms with Crippen LogP contribution in [0.5, 0.6) is 0 Å². The summed E-state index contributed by atoms with van der Waals surface area (Å²) in [6, 6.07) is 1.11. The fourth-order valence-corrected chi connectivity index (χ4v) is 4.33. The largest absolute Gasteiger partial charge is 0.393 e. The van der Waals surface area contributed by atoms with E-state index in [9.17, 15) is 10.2 Å². The van der Waals surface area contributed by atoms with Crippen LogP contribution in [0.25, 0.3) is 0 Å². The van der Waals surface area contributed by atoms with Crippen molar-refractivity contribution in [2.45, 2.75) is 70.2 Å². The Morgan fingerprint density at radius 1 is 1.00 bits per heavy atom. The lowest BCUT2D eigenvalue weighted by Gasteiger charge is -2.48. The molecule has 0 aromatic carbocycles. The molecule has 21 heavy (non-hydrogen) atoms. The highest BCUT2D eigenvalue weighted by atomic mass is 28.4. The lowest BCUT2D eigenvalue weighted by atomic mass is 10.1. The summed E-state index contributed by atoms with van der Waals surface area (Å²) in [6.45, 7) is 13.6. The minimum atomic E-state index is -2.07. The normalized spacial score (nSPS) is 17.0. The van der Waals surface area contributed by atoms with Crippen LogP contribution in [-0.2, 0) is 13.6 Å². The average Bonchev–Trinajstić information content (AvgIpc) is 2.24. The summed E-state index contributed by atoms with van der Waals surface area (Å²) in [6.07, 6.45) is 0.902. The van der Waals surface area contributed by atoms with Crippen molar-refractivity contribution in [1.29, 1.82) is 0 Å². The Labute approximate surface area is 134 Å². The maximum absolute atomic E-state index is 10.7. The fourth-order valence-electron chi connectivity index (χ4n) is 1.71. The monoisotopic (exact) mass is 354 g/mol. The lowest BCUT2D eigenvalue weighted by molar-refractivity contribution is -0.388. The maximum atomic E-state index is 10.7. The third-order valence-electron chi connectivity index (χ3n) is 2.64. The van der Waals surface area contributed by atoms with Gasteiger partial charge in [0.15, 0.2) is 22.2 Å². The van der Waals surface area contributed by atoms with Gasteiger partial charge in [0.1, 0.15) is 0 Å². The SMILES string of the molecule is CC(O)(CO)C(OCCC[SiH3])(O[Si](C)(C)C)O[Si](C)(C)C. The molecule has 0 saturated heterocycles. The van der Waals surface area contributed by atoms with Crippen molar-refractivity contribution >= 4 is 26.9 Å². The molecule has 0 rings (SSSR count). The van der Waals surface area contributed by atoms with E-state index in [1.807, 2.05) is 39.3 Å². The Morgan fingerprint density at radius 2 is 1.43 bits per heavy atom. The summed E-state index contributed by atoms with van der Waals surface area (Å²) in [5, 5.41) is 20.3. The van der Waals surface area contributed by atoms with Crippen LogP contribution in [-0.4, -0.2) is 61.9 Å². The van der Waals surface area contributed by atoms with E-state index in [2.05, 4.69) is 0 Å². The third kappa shape index (κ3) is 7.51. The standard InChI is InChI=1S/C13H34O5Si3/c1-12(15,11-14)13(16-9-8-10-19,17-20(2,3)4)18-21(5,6)7/h14-15H,8-11H2,1-7,19H3. The zero-order chi connectivity index (χ0) is 16.9. The molecule has 2 N–H and O–H groups in total. The minimum Gasteiger partial charge on any atom is -0.393 e. The van der Waals surface area contributed by atoms with E-state index in [0.29, 0.717) is 6.61 Å². The predicted molar refractivity (Wildman–Crippen MR) is 94.6 cm³/mol. The Hall–Kier alpha value is 0.451. The number of ether oxygens (including phenoxy) is 1. The molecule has 128 valence electrons. The van der Waals surface area contributed by atoms with Crippen LogP contribution in [0.1, 0.15) is 13.3 Å². The van der Waals surface area contributed by atoms with E-state index >= 15 is 0 Å². The summed E-state index contributed by atoms with van der Waals surface area (Å²) in [5.74, 6) is -1.59. The molecule has 0 amide bonds. The first-order valence-corrected chi connectivity index (χ1v) is 15.9. The molecule has 0 spiro atoms. The van der Waals surface area contributed by atoms with Gasteiger partial charge in [-0.05, 0) is 52.6 Å². The van der Waals surface area contributed by atoms with E-state index in [4.69, 9.17) is 13.6 Å². The lowest BCUT2D eigenvalue weighted by Crippen LogP contribution is -2.65. The first kappa shape index (κ1) is 21.5. The van der Waals surface area contributed by atoms with Gasteiger partial charge in [-0.25, -0.2) is 0 Å². The molecule has 0 aromatic heterocycles. The van der Waals surface area contributed by atoms with Crippen molar-refractivity contribution in [3.05, 3.63) is 0 Å². The highest BCUT2D eigenvalue weighted by molar-refractivity contribution is 6.71. The van der Waals surface area contributed by atoms with Gasteiger partial charge >= 0.3 is 0 Å². The first-order valence-electron chi connectivity index (χ1n) is 7.66. The molecule has 1 unspecified atom stereocenters. The zero-order valence-electron chi connectivity index (χ0n) is 14.9. The highest BCUT2D eigenvalue weighted by Crippen LogP contribution is 2.35. The number of aliphatic hydroxyl groups is 2. The van der Waals surface area contributed by atoms with Crippen LogP contribution < -0.4 is 0 Å². The van der Waals surface area contributed by atoms with Gasteiger partial charge < -0.3 is 23.8 Å². The quantitative estimate of drug-likeness (QED) is 0.351. The van der Waals surface area contributed by atoms with Crippen LogP contribution in [0.15, 0.2) is 0 Å². The molecular formula is C13H34O5Si3. The maximum Gasteiger partial charge on any atom is 0.296 e. The second-order valence-corrected chi connectivity index (χ2v) is 17.5. The van der Waals surface area contributed by atoms with Gasteiger partial charge in [0.2, 0.25) is 0 Å².